The van der Waals surface area contributed by atoms with E-state index >= 15 is 0 Å². The highest BCUT2D eigenvalue weighted by Gasteiger charge is 2.18. The van der Waals surface area contributed by atoms with E-state index < -0.39 is 6.04 Å². The molecule has 0 aromatic carbocycles. The van der Waals surface area contributed by atoms with Crippen molar-refractivity contribution < 1.29 is 9.21 Å². The van der Waals surface area contributed by atoms with Gasteiger partial charge in [0.05, 0.1) is 12.6 Å². The van der Waals surface area contributed by atoms with Crippen molar-refractivity contribution in [2.45, 2.75) is 26.4 Å². The molecule has 102 valence electrons. The maximum atomic E-state index is 12.0. The molecular weight excluding hydrogens is 230 g/mol. The average molecular weight is 253 g/mol. The van der Waals surface area contributed by atoms with Crippen molar-refractivity contribution >= 4 is 5.91 Å². The maximum absolute atomic E-state index is 12.0. The van der Waals surface area contributed by atoms with Gasteiger partial charge in [0.2, 0.25) is 5.91 Å². The summed E-state index contributed by atoms with van der Waals surface area (Å²) in [6.07, 6.45) is 0. The quantitative estimate of drug-likeness (QED) is 0.815. The second-order valence-corrected chi connectivity index (χ2v) is 4.86. The van der Waals surface area contributed by atoms with E-state index in [0.717, 1.165) is 18.1 Å². The lowest BCUT2D eigenvalue weighted by Crippen LogP contribution is -2.44. The number of nitrogens with zero attached hydrogens (tertiary/aromatic N) is 2. The van der Waals surface area contributed by atoms with Crippen LogP contribution in [0.3, 0.4) is 0 Å². The molecule has 1 atom stereocenters. The summed E-state index contributed by atoms with van der Waals surface area (Å²) in [6, 6.07) is 3.31. The second-order valence-electron chi connectivity index (χ2n) is 4.86. The summed E-state index contributed by atoms with van der Waals surface area (Å²) in [5.41, 5.74) is 5.67. The monoisotopic (exact) mass is 253 g/mol. The van der Waals surface area contributed by atoms with Crippen molar-refractivity contribution in [1.82, 2.24) is 9.80 Å². The Hall–Kier alpha value is -1.33. The fourth-order valence-electron chi connectivity index (χ4n) is 1.63. The molecule has 0 aliphatic heterocycles. The zero-order valence-corrected chi connectivity index (χ0v) is 11.6. The highest BCUT2D eigenvalue weighted by atomic mass is 16.3. The number of likely N-dealkylation sites (N-methyl/N-ethyl adjacent to an activating group) is 1. The van der Waals surface area contributed by atoms with Crippen LogP contribution in [0.1, 0.15) is 18.4 Å². The van der Waals surface area contributed by atoms with Gasteiger partial charge in [-0.05, 0) is 40.1 Å². The van der Waals surface area contributed by atoms with E-state index in [4.69, 9.17) is 10.2 Å². The molecule has 1 amide bonds. The van der Waals surface area contributed by atoms with Gasteiger partial charge in [-0.2, -0.15) is 0 Å². The lowest BCUT2D eigenvalue weighted by molar-refractivity contribution is -0.133. The van der Waals surface area contributed by atoms with Crippen LogP contribution < -0.4 is 5.73 Å². The fourth-order valence-corrected chi connectivity index (χ4v) is 1.63. The predicted molar refractivity (Wildman–Crippen MR) is 71.1 cm³/mol. The van der Waals surface area contributed by atoms with Gasteiger partial charge < -0.3 is 20.0 Å². The van der Waals surface area contributed by atoms with Gasteiger partial charge in [-0.1, -0.05) is 0 Å². The van der Waals surface area contributed by atoms with Crippen molar-refractivity contribution in [3.05, 3.63) is 23.7 Å². The predicted octanol–water partition coefficient (Wildman–Crippen LogP) is 0.825. The Morgan fingerprint density at radius 1 is 1.39 bits per heavy atom. The first kappa shape index (κ1) is 14.7. The average Bonchev–Trinajstić information content (AvgIpc) is 2.68. The summed E-state index contributed by atoms with van der Waals surface area (Å²) in [4.78, 5) is 15.8. The third-order valence-electron chi connectivity index (χ3n) is 2.66. The Labute approximate surface area is 109 Å². The third kappa shape index (κ3) is 4.50. The largest absolute Gasteiger partial charge is 0.464 e. The van der Waals surface area contributed by atoms with Gasteiger partial charge in [0.1, 0.15) is 11.5 Å². The smallest absolute Gasteiger partial charge is 0.239 e. The van der Waals surface area contributed by atoms with Crippen LogP contribution in [0.25, 0.3) is 0 Å². The molecule has 1 rings (SSSR count). The molecule has 1 heterocycles. The Morgan fingerprint density at radius 3 is 2.50 bits per heavy atom. The van der Waals surface area contributed by atoms with Crippen LogP contribution in [0.5, 0.6) is 0 Å². The second kappa shape index (κ2) is 6.56. The van der Waals surface area contributed by atoms with Crippen molar-refractivity contribution in [1.29, 1.82) is 0 Å². The van der Waals surface area contributed by atoms with Crippen LogP contribution in [0.2, 0.25) is 0 Å². The maximum Gasteiger partial charge on any atom is 0.239 e. The number of amides is 1. The molecule has 0 fully saturated rings. The van der Waals surface area contributed by atoms with Gasteiger partial charge in [-0.3, -0.25) is 4.79 Å². The Kier molecular flexibility index (Phi) is 5.37. The number of hydrogen-bond acceptors (Lipinski definition) is 4. The number of aryl methyl sites for hydroxylation is 1. The Balaban J connectivity index is 2.67. The summed E-state index contributed by atoms with van der Waals surface area (Å²) in [5, 5.41) is 0. The van der Waals surface area contributed by atoms with Crippen LogP contribution >= 0.6 is 0 Å². The zero-order chi connectivity index (χ0) is 13.7. The zero-order valence-electron chi connectivity index (χ0n) is 11.6. The highest BCUT2D eigenvalue weighted by molar-refractivity contribution is 5.81. The Bertz CT molecular complexity index is 385. The molecule has 0 saturated carbocycles. The van der Waals surface area contributed by atoms with Crippen LogP contribution in [-0.4, -0.2) is 48.9 Å². The van der Waals surface area contributed by atoms with Gasteiger partial charge in [-0.25, -0.2) is 0 Å². The number of furan rings is 1. The van der Waals surface area contributed by atoms with Crippen LogP contribution in [0, 0.1) is 6.92 Å². The molecule has 5 heteroatoms. The van der Waals surface area contributed by atoms with Gasteiger partial charge in [0, 0.05) is 13.1 Å². The minimum absolute atomic E-state index is 0.0501. The normalized spacial score (nSPS) is 12.8. The topological polar surface area (TPSA) is 62.7 Å². The lowest BCUT2D eigenvalue weighted by atomic mass is 10.2. The molecule has 1 aromatic heterocycles. The minimum atomic E-state index is -0.483. The van der Waals surface area contributed by atoms with E-state index in [0.29, 0.717) is 13.1 Å². The van der Waals surface area contributed by atoms with E-state index in [1.165, 1.54) is 0 Å². The van der Waals surface area contributed by atoms with E-state index in [1.807, 2.05) is 38.1 Å². The SMILES string of the molecule is Cc1ccc(CN(CCN(C)C)C(=O)[C@H](C)N)o1. The molecular formula is C13H23N3O2. The first-order valence-corrected chi connectivity index (χ1v) is 6.14. The molecule has 2 N–H and O–H groups in total. The van der Waals surface area contributed by atoms with Gasteiger partial charge in [-0.15, -0.1) is 0 Å². The molecule has 0 spiro atoms. The van der Waals surface area contributed by atoms with Gasteiger partial charge in [0.15, 0.2) is 0 Å². The van der Waals surface area contributed by atoms with E-state index in [9.17, 15) is 4.79 Å². The Morgan fingerprint density at radius 2 is 2.06 bits per heavy atom. The number of hydrogen-bond donors (Lipinski definition) is 1. The first-order chi connectivity index (χ1) is 8.40. The molecule has 0 unspecified atom stereocenters. The molecule has 0 radical (unpaired) electrons. The molecule has 1 aromatic rings. The summed E-state index contributed by atoms with van der Waals surface area (Å²) in [6.45, 7) is 5.52. The highest BCUT2D eigenvalue weighted by Crippen LogP contribution is 2.10. The van der Waals surface area contributed by atoms with E-state index in [2.05, 4.69) is 0 Å². The standard InChI is InChI=1S/C13H23N3O2/c1-10-5-6-12(18-10)9-16(8-7-15(3)4)13(17)11(2)14/h5-6,11H,7-9,14H2,1-4H3/t11-/m0/s1. The summed E-state index contributed by atoms with van der Waals surface area (Å²) in [7, 11) is 3.96. The number of carbonyl (C=O) groups excluding carboxylic acids is 1. The lowest BCUT2D eigenvalue weighted by Gasteiger charge is -2.25. The summed E-state index contributed by atoms with van der Waals surface area (Å²) < 4.78 is 5.50. The molecule has 0 saturated heterocycles. The number of carbonyl (C=O) groups is 1. The van der Waals surface area contributed by atoms with Crippen LogP contribution in [0.15, 0.2) is 16.5 Å². The number of rotatable bonds is 6. The summed E-state index contributed by atoms with van der Waals surface area (Å²) in [5.74, 6) is 1.59. The van der Waals surface area contributed by atoms with Crippen LogP contribution in [0.4, 0.5) is 0 Å². The molecule has 0 aliphatic carbocycles. The van der Waals surface area contributed by atoms with E-state index in [-0.39, 0.29) is 5.91 Å². The molecule has 18 heavy (non-hydrogen) atoms. The summed E-state index contributed by atoms with van der Waals surface area (Å²) >= 11 is 0. The van der Waals surface area contributed by atoms with Crippen molar-refractivity contribution in [2.24, 2.45) is 5.73 Å². The molecule has 0 aliphatic rings. The van der Waals surface area contributed by atoms with Gasteiger partial charge >= 0.3 is 0 Å². The fraction of sp³-hybridized carbons (Fsp3) is 0.615. The number of nitrogens with two attached hydrogens (primary N) is 1. The molecule has 0 bridgehead atoms. The first-order valence-electron chi connectivity index (χ1n) is 6.14. The van der Waals surface area contributed by atoms with Gasteiger partial charge in [0.25, 0.3) is 0 Å². The van der Waals surface area contributed by atoms with Crippen molar-refractivity contribution in [2.75, 3.05) is 27.2 Å². The van der Waals surface area contributed by atoms with Crippen molar-refractivity contribution in [3.63, 3.8) is 0 Å². The minimum Gasteiger partial charge on any atom is -0.464 e. The van der Waals surface area contributed by atoms with Crippen LogP contribution in [-0.2, 0) is 11.3 Å². The van der Waals surface area contributed by atoms with E-state index in [1.54, 1.807) is 11.8 Å². The molecule has 5 nitrogen and oxygen atoms in total. The van der Waals surface area contributed by atoms with Crippen molar-refractivity contribution in [3.8, 4) is 0 Å². The third-order valence-corrected chi connectivity index (χ3v) is 2.66.